The van der Waals surface area contributed by atoms with Crippen molar-refractivity contribution in [2.24, 2.45) is 5.16 Å². The molecule has 0 aliphatic carbocycles. The summed E-state index contributed by atoms with van der Waals surface area (Å²) in [5, 5.41) is 4.12. The Bertz CT molecular complexity index is 1080. The lowest BCUT2D eigenvalue weighted by atomic mass is 10.0. The van der Waals surface area contributed by atoms with Gasteiger partial charge >= 0.3 is 0 Å². The molecule has 2 amide bonds. The molecule has 0 fully saturated rings. The van der Waals surface area contributed by atoms with Crippen LogP contribution in [0.1, 0.15) is 32.7 Å². The molecule has 1 unspecified atom stereocenters. The van der Waals surface area contributed by atoms with Crippen molar-refractivity contribution < 1.29 is 33.4 Å². The Morgan fingerprint density at radius 1 is 1.06 bits per heavy atom. The average molecular weight is 424 g/mol. The van der Waals surface area contributed by atoms with Crippen LogP contribution in [0.2, 0.25) is 0 Å². The zero-order chi connectivity index (χ0) is 21.5. The predicted octanol–water partition coefficient (Wildman–Crippen LogP) is 2.42. The van der Waals surface area contributed by atoms with Crippen LogP contribution in [0, 0.1) is 0 Å². The normalized spacial score (nSPS) is 18.7. The van der Waals surface area contributed by atoms with Crippen molar-refractivity contribution in [3.8, 4) is 23.0 Å². The standard InChI is InChI=1S/C22H20N2O7/c1-27-17-8-12(18(28-2)20-19(17)29-11-30-20)7-14-9-13(23-31-14)10-24-21(25)15-5-3-4-6-16(15)22(24)26/h3-6,8,14H,7,9-11H2,1-2H3. The number of fused-ring (bicyclic) bond motifs is 2. The molecular formula is C22H20N2O7. The van der Waals surface area contributed by atoms with Gasteiger partial charge < -0.3 is 23.8 Å². The molecule has 3 heterocycles. The fourth-order valence-electron chi connectivity index (χ4n) is 4.09. The van der Waals surface area contributed by atoms with Gasteiger partial charge in [-0.3, -0.25) is 14.5 Å². The van der Waals surface area contributed by atoms with E-state index < -0.39 is 0 Å². The minimum atomic E-state index is -0.311. The summed E-state index contributed by atoms with van der Waals surface area (Å²) in [6, 6.07) is 8.63. The van der Waals surface area contributed by atoms with Crippen LogP contribution in [-0.2, 0) is 11.3 Å². The maximum Gasteiger partial charge on any atom is 0.261 e. The number of carbonyl (C=O) groups excluding carboxylic acids is 2. The first-order valence-corrected chi connectivity index (χ1v) is 9.81. The summed E-state index contributed by atoms with van der Waals surface area (Å²) in [6.45, 7) is 0.198. The van der Waals surface area contributed by atoms with Gasteiger partial charge in [-0.25, -0.2) is 0 Å². The minimum Gasteiger partial charge on any atom is -0.493 e. The summed E-state index contributed by atoms with van der Waals surface area (Å²) in [5.74, 6) is 1.50. The Labute approximate surface area is 178 Å². The maximum absolute atomic E-state index is 12.6. The number of benzene rings is 2. The fourth-order valence-corrected chi connectivity index (χ4v) is 4.09. The number of carbonyl (C=O) groups is 2. The first-order valence-electron chi connectivity index (χ1n) is 9.81. The van der Waals surface area contributed by atoms with Crippen molar-refractivity contribution >= 4 is 17.5 Å². The van der Waals surface area contributed by atoms with E-state index in [0.717, 1.165) is 5.56 Å². The molecular weight excluding hydrogens is 404 g/mol. The number of amides is 2. The Balaban J connectivity index is 1.29. The van der Waals surface area contributed by atoms with Crippen LogP contribution < -0.4 is 18.9 Å². The van der Waals surface area contributed by atoms with Crippen LogP contribution in [0.25, 0.3) is 0 Å². The Morgan fingerprint density at radius 2 is 1.77 bits per heavy atom. The molecule has 2 aromatic rings. The van der Waals surface area contributed by atoms with Gasteiger partial charge in [0.2, 0.25) is 18.3 Å². The van der Waals surface area contributed by atoms with E-state index in [-0.39, 0.29) is 31.3 Å². The minimum absolute atomic E-state index is 0.0962. The van der Waals surface area contributed by atoms with Crippen LogP contribution in [0.3, 0.4) is 0 Å². The average Bonchev–Trinajstić information content (AvgIpc) is 3.50. The Kier molecular flexibility index (Phi) is 4.65. The van der Waals surface area contributed by atoms with Crippen molar-refractivity contribution in [1.29, 1.82) is 0 Å². The van der Waals surface area contributed by atoms with E-state index in [2.05, 4.69) is 5.16 Å². The largest absolute Gasteiger partial charge is 0.493 e. The molecule has 3 aliphatic heterocycles. The van der Waals surface area contributed by atoms with Gasteiger partial charge in [0.05, 0.1) is 37.6 Å². The lowest BCUT2D eigenvalue weighted by Crippen LogP contribution is -2.34. The molecule has 0 radical (unpaired) electrons. The van der Waals surface area contributed by atoms with Crippen LogP contribution in [0.5, 0.6) is 23.0 Å². The van der Waals surface area contributed by atoms with Crippen molar-refractivity contribution in [2.45, 2.75) is 18.9 Å². The zero-order valence-corrected chi connectivity index (χ0v) is 17.0. The maximum atomic E-state index is 12.6. The summed E-state index contributed by atoms with van der Waals surface area (Å²) < 4.78 is 22.0. The van der Waals surface area contributed by atoms with Gasteiger partial charge in [0.1, 0.15) is 6.10 Å². The van der Waals surface area contributed by atoms with Crippen molar-refractivity contribution in [1.82, 2.24) is 4.90 Å². The molecule has 0 spiro atoms. The Hall–Kier alpha value is -3.75. The highest BCUT2D eigenvalue weighted by Crippen LogP contribution is 2.50. The van der Waals surface area contributed by atoms with Crippen LogP contribution in [0.15, 0.2) is 35.5 Å². The van der Waals surface area contributed by atoms with Gasteiger partial charge in [0, 0.05) is 18.4 Å². The van der Waals surface area contributed by atoms with E-state index in [0.29, 0.717) is 52.7 Å². The fraction of sp³-hybridized carbons (Fsp3) is 0.318. The van der Waals surface area contributed by atoms with Crippen LogP contribution in [-0.4, -0.2) is 56.1 Å². The van der Waals surface area contributed by atoms with E-state index in [1.165, 1.54) is 4.90 Å². The molecule has 31 heavy (non-hydrogen) atoms. The monoisotopic (exact) mass is 424 g/mol. The molecule has 3 aliphatic rings. The first kappa shape index (κ1) is 19.2. The molecule has 160 valence electrons. The van der Waals surface area contributed by atoms with Gasteiger partial charge in [-0.05, 0) is 18.2 Å². The van der Waals surface area contributed by atoms with Crippen molar-refractivity contribution in [3.63, 3.8) is 0 Å². The summed E-state index contributed by atoms with van der Waals surface area (Å²) in [5.41, 5.74) is 2.29. The highest BCUT2D eigenvalue weighted by molar-refractivity contribution is 6.22. The highest BCUT2D eigenvalue weighted by atomic mass is 16.7. The SMILES string of the molecule is COc1cc(CC2CC(CN3C(=O)c4ccccc4C3=O)=NO2)c(OC)c2c1OCO2. The third kappa shape index (κ3) is 3.13. The predicted molar refractivity (Wildman–Crippen MR) is 108 cm³/mol. The summed E-state index contributed by atoms with van der Waals surface area (Å²) in [6.07, 6.45) is 0.683. The van der Waals surface area contributed by atoms with Gasteiger partial charge in [0.15, 0.2) is 11.5 Å². The molecule has 0 aromatic heterocycles. The number of hydrogen-bond donors (Lipinski definition) is 0. The van der Waals surface area contributed by atoms with Crippen molar-refractivity contribution in [3.05, 3.63) is 47.0 Å². The number of imide groups is 1. The van der Waals surface area contributed by atoms with E-state index >= 15 is 0 Å². The third-order valence-electron chi connectivity index (χ3n) is 5.52. The molecule has 0 N–H and O–H groups in total. The summed E-state index contributed by atoms with van der Waals surface area (Å²) >= 11 is 0. The van der Waals surface area contributed by atoms with E-state index in [1.54, 1.807) is 38.5 Å². The molecule has 0 bridgehead atoms. The topological polar surface area (TPSA) is 95.9 Å². The lowest BCUT2D eigenvalue weighted by Gasteiger charge is -2.16. The molecule has 0 saturated carbocycles. The molecule has 0 saturated heterocycles. The number of ether oxygens (including phenoxy) is 4. The smallest absolute Gasteiger partial charge is 0.261 e. The number of rotatable bonds is 6. The second-order valence-corrected chi connectivity index (χ2v) is 7.37. The van der Waals surface area contributed by atoms with Crippen molar-refractivity contribution in [2.75, 3.05) is 27.6 Å². The van der Waals surface area contributed by atoms with E-state index in [4.69, 9.17) is 23.8 Å². The van der Waals surface area contributed by atoms with E-state index in [9.17, 15) is 9.59 Å². The number of oxime groups is 1. The zero-order valence-electron chi connectivity index (χ0n) is 17.0. The second-order valence-electron chi connectivity index (χ2n) is 7.37. The molecule has 2 aromatic carbocycles. The first-order chi connectivity index (χ1) is 15.1. The van der Waals surface area contributed by atoms with Gasteiger partial charge in [-0.2, -0.15) is 0 Å². The summed E-state index contributed by atoms with van der Waals surface area (Å²) in [7, 11) is 3.12. The molecule has 9 nitrogen and oxygen atoms in total. The lowest BCUT2D eigenvalue weighted by molar-refractivity contribution is 0.0676. The quantitative estimate of drug-likeness (QED) is 0.657. The third-order valence-corrected chi connectivity index (χ3v) is 5.52. The van der Waals surface area contributed by atoms with Gasteiger partial charge in [-0.1, -0.05) is 17.3 Å². The highest BCUT2D eigenvalue weighted by Gasteiger charge is 2.37. The summed E-state index contributed by atoms with van der Waals surface area (Å²) in [4.78, 5) is 32.0. The molecule has 5 rings (SSSR count). The van der Waals surface area contributed by atoms with E-state index in [1.807, 2.05) is 6.07 Å². The number of nitrogens with zero attached hydrogens (tertiary/aromatic N) is 2. The van der Waals surface area contributed by atoms with Crippen LogP contribution >= 0.6 is 0 Å². The van der Waals surface area contributed by atoms with Gasteiger partial charge in [-0.15, -0.1) is 0 Å². The molecule has 9 heteroatoms. The van der Waals surface area contributed by atoms with Gasteiger partial charge in [0.25, 0.3) is 11.8 Å². The number of methoxy groups -OCH3 is 2. The Morgan fingerprint density at radius 3 is 2.45 bits per heavy atom. The van der Waals surface area contributed by atoms with Crippen LogP contribution in [0.4, 0.5) is 0 Å². The second kappa shape index (κ2) is 7.50. The number of hydrogen-bond acceptors (Lipinski definition) is 8. The molecule has 1 atom stereocenters.